The highest BCUT2D eigenvalue weighted by Gasteiger charge is 2.25. The van der Waals surface area contributed by atoms with E-state index in [2.05, 4.69) is 10.1 Å². The molecule has 144 valence electrons. The molecule has 0 saturated heterocycles. The molecule has 0 N–H and O–H groups in total. The summed E-state index contributed by atoms with van der Waals surface area (Å²) in [4.78, 5) is 31.8. The zero-order valence-corrected chi connectivity index (χ0v) is 16.0. The molecule has 29 heavy (non-hydrogen) atoms. The second-order valence-corrected chi connectivity index (χ2v) is 7.26. The Labute approximate surface area is 170 Å². The minimum atomic E-state index is -0.373. The van der Waals surface area contributed by atoms with Crippen molar-refractivity contribution in [2.24, 2.45) is 0 Å². The van der Waals surface area contributed by atoms with Gasteiger partial charge in [0.25, 0.3) is 11.3 Å². The zero-order chi connectivity index (χ0) is 20.0. The predicted molar refractivity (Wildman–Crippen MR) is 109 cm³/mol. The van der Waals surface area contributed by atoms with Gasteiger partial charge in [-0.25, -0.2) is 4.98 Å². The molecule has 0 saturated carbocycles. The standard InChI is InChI=1S/C21H15ClN4O3/c22-15-7-5-14(6-8-15)19-18-20(29-24-19)23-12-25(21(18)28)11-17(27)26-10-9-13-3-1-2-4-16(13)26/h1-8,12H,9-11H2. The first-order valence-electron chi connectivity index (χ1n) is 9.11. The molecule has 8 heteroatoms. The lowest BCUT2D eigenvalue weighted by molar-refractivity contribution is -0.119. The number of para-hydroxylation sites is 1. The van der Waals surface area contributed by atoms with Crippen molar-refractivity contribution in [1.29, 1.82) is 0 Å². The number of carbonyl (C=O) groups is 1. The van der Waals surface area contributed by atoms with Gasteiger partial charge in [-0.15, -0.1) is 0 Å². The average Bonchev–Trinajstić information content (AvgIpc) is 3.35. The van der Waals surface area contributed by atoms with Crippen LogP contribution >= 0.6 is 11.6 Å². The van der Waals surface area contributed by atoms with Crippen LogP contribution in [-0.4, -0.2) is 27.2 Å². The molecule has 0 spiro atoms. The summed E-state index contributed by atoms with van der Waals surface area (Å²) in [6.45, 7) is 0.493. The van der Waals surface area contributed by atoms with Gasteiger partial charge in [-0.1, -0.05) is 47.1 Å². The van der Waals surface area contributed by atoms with Crippen molar-refractivity contribution >= 4 is 34.3 Å². The molecule has 1 aliphatic heterocycles. The van der Waals surface area contributed by atoms with Gasteiger partial charge in [0.15, 0.2) is 0 Å². The zero-order valence-electron chi connectivity index (χ0n) is 15.2. The van der Waals surface area contributed by atoms with Crippen LogP contribution in [0.4, 0.5) is 5.69 Å². The maximum atomic E-state index is 13.1. The molecule has 0 fully saturated rings. The Balaban J connectivity index is 1.51. The Hall–Kier alpha value is -3.45. The number of anilines is 1. The van der Waals surface area contributed by atoms with Crippen LogP contribution in [-0.2, 0) is 17.8 Å². The van der Waals surface area contributed by atoms with Crippen molar-refractivity contribution in [3.63, 3.8) is 0 Å². The highest BCUT2D eigenvalue weighted by atomic mass is 35.5. The van der Waals surface area contributed by atoms with Gasteiger partial charge in [0.1, 0.15) is 24.0 Å². The van der Waals surface area contributed by atoms with Crippen LogP contribution in [0.15, 0.2) is 64.2 Å². The molecule has 7 nitrogen and oxygen atoms in total. The molecular formula is C21H15ClN4O3. The van der Waals surface area contributed by atoms with Crippen LogP contribution in [0.2, 0.25) is 5.02 Å². The maximum Gasteiger partial charge on any atom is 0.267 e. The Morgan fingerprint density at radius 1 is 1.14 bits per heavy atom. The van der Waals surface area contributed by atoms with Gasteiger partial charge in [0, 0.05) is 22.8 Å². The molecule has 0 atom stereocenters. The summed E-state index contributed by atoms with van der Waals surface area (Å²) < 4.78 is 6.51. The third-order valence-electron chi connectivity index (χ3n) is 5.07. The first-order valence-corrected chi connectivity index (χ1v) is 9.48. The molecule has 1 aliphatic rings. The summed E-state index contributed by atoms with van der Waals surface area (Å²) in [7, 11) is 0. The minimum absolute atomic E-state index is 0.110. The summed E-state index contributed by atoms with van der Waals surface area (Å²) in [5, 5.41) is 4.81. The predicted octanol–water partition coefficient (Wildman–Crippen LogP) is 3.29. The molecule has 0 radical (unpaired) electrons. The van der Waals surface area contributed by atoms with E-state index in [1.165, 1.54) is 10.9 Å². The number of carbonyl (C=O) groups excluding carboxylic acids is 1. The van der Waals surface area contributed by atoms with Crippen LogP contribution < -0.4 is 10.5 Å². The summed E-state index contributed by atoms with van der Waals surface area (Å²) in [5.74, 6) is -0.164. The lowest BCUT2D eigenvalue weighted by atomic mass is 10.1. The van der Waals surface area contributed by atoms with Crippen LogP contribution in [0.1, 0.15) is 5.56 Å². The summed E-state index contributed by atoms with van der Waals surface area (Å²) in [6, 6.07) is 14.7. The van der Waals surface area contributed by atoms with E-state index in [4.69, 9.17) is 16.1 Å². The third kappa shape index (κ3) is 3.00. The normalized spacial score (nSPS) is 13.1. The minimum Gasteiger partial charge on any atom is -0.335 e. The first kappa shape index (κ1) is 17.6. The molecule has 0 bridgehead atoms. The Morgan fingerprint density at radius 2 is 1.93 bits per heavy atom. The highest BCUT2D eigenvalue weighted by Crippen LogP contribution is 2.28. The third-order valence-corrected chi connectivity index (χ3v) is 5.33. The molecule has 5 rings (SSSR count). The second-order valence-electron chi connectivity index (χ2n) is 6.82. The van der Waals surface area contributed by atoms with E-state index < -0.39 is 0 Å². The van der Waals surface area contributed by atoms with E-state index in [1.54, 1.807) is 29.2 Å². The molecular weight excluding hydrogens is 392 g/mol. The number of aromatic nitrogens is 3. The van der Waals surface area contributed by atoms with Gasteiger partial charge in [-0.2, -0.15) is 0 Å². The van der Waals surface area contributed by atoms with E-state index >= 15 is 0 Å². The number of nitrogens with zero attached hydrogens (tertiary/aromatic N) is 4. The van der Waals surface area contributed by atoms with Crippen molar-refractivity contribution in [2.45, 2.75) is 13.0 Å². The van der Waals surface area contributed by atoms with Crippen LogP contribution in [0.25, 0.3) is 22.4 Å². The monoisotopic (exact) mass is 406 g/mol. The number of fused-ring (bicyclic) bond motifs is 2. The highest BCUT2D eigenvalue weighted by molar-refractivity contribution is 6.30. The molecule has 0 aliphatic carbocycles. The van der Waals surface area contributed by atoms with E-state index in [-0.39, 0.29) is 29.1 Å². The Morgan fingerprint density at radius 3 is 2.76 bits per heavy atom. The fraction of sp³-hybridized carbons (Fsp3) is 0.143. The SMILES string of the molecule is O=C(Cn1cnc2onc(-c3ccc(Cl)cc3)c2c1=O)N1CCc2ccccc21. The molecule has 3 heterocycles. The number of amides is 1. The fourth-order valence-electron chi connectivity index (χ4n) is 3.63. The molecule has 4 aromatic rings. The number of hydrogen-bond acceptors (Lipinski definition) is 5. The van der Waals surface area contributed by atoms with Crippen molar-refractivity contribution in [2.75, 3.05) is 11.4 Å². The van der Waals surface area contributed by atoms with Crippen molar-refractivity contribution in [3.05, 3.63) is 75.8 Å². The maximum absolute atomic E-state index is 13.1. The Kier molecular flexibility index (Phi) is 4.17. The van der Waals surface area contributed by atoms with Crippen molar-refractivity contribution < 1.29 is 9.32 Å². The van der Waals surface area contributed by atoms with Gasteiger partial charge in [0.2, 0.25) is 5.91 Å². The first-order chi connectivity index (χ1) is 14.1. The van der Waals surface area contributed by atoms with Gasteiger partial charge < -0.3 is 9.42 Å². The largest absolute Gasteiger partial charge is 0.335 e. The fourth-order valence-corrected chi connectivity index (χ4v) is 3.75. The quantitative estimate of drug-likeness (QED) is 0.521. The lowest BCUT2D eigenvalue weighted by Crippen LogP contribution is -2.35. The number of rotatable bonds is 3. The van der Waals surface area contributed by atoms with Gasteiger partial charge in [-0.05, 0) is 30.2 Å². The van der Waals surface area contributed by atoms with Crippen LogP contribution in [0.5, 0.6) is 0 Å². The molecule has 2 aromatic carbocycles. The van der Waals surface area contributed by atoms with Crippen LogP contribution in [0, 0.1) is 0 Å². The van der Waals surface area contributed by atoms with Crippen molar-refractivity contribution in [1.82, 2.24) is 14.7 Å². The van der Waals surface area contributed by atoms with Gasteiger partial charge in [-0.3, -0.25) is 14.2 Å². The topological polar surface area (TPSA) is 81.2 Å². The second kappa shape index (κ2) is 6.86. The Bertz CT molecular complexity index is 1290. The van der Waals surface area contributed by atoms with Gasteiger partial charge in [0.05, 0.1) is 0 Å². The van der Waals surface area contributed by atoms with E-state index in [9.17, 15) is 9.59 Å². The number of halogens is 1. The van der Waals surface area contributed by atoms with Crippen molar-refractivity contribution in [3.8, 4) is 11.3 Å². The summed E-state index contributed by atoms with van der Waals surface area (Å²) in [6.07, 6.45) is 2.13. The lowest BCUT2D eigenvalue weighted by Gasteiger charge is -2.17. The molecule has 0 unspecified atom stereocenters. The van der Waals surface area contributed by atoms with E-state index in [1.807, 2.05) is 24.3 Å². The van der Waals surface area contributed by atoms with Crippen LogP contribution in [0.3, 0.4) is 0 Å². The number of benzene rings is 2. The summed E-state index contributed by atoms with van der Waals surface area (Å²) in [5.41, 5.74) is 2.85. The van der Waals surface area contributed by atoms with E-state index in [0.717, 1.165) is 17.7 Å². The number of hydrogen-bond donors (Lipinski definition) is 0. The average molecular weight is 407 g/mol. The molecule has 1 amide bonds. The van der Waals surface area contributed by atoms with Gasteiger partial charge >= 0.3 is 0 Å². The van der Waals surface area contributed by atoms with E-state index in [0.29, 0.717) is 22.8 Å². The summed E-state index contributed by atoms with van der Waals surface area (Å²) >= 11 is 5.94. The molecule has 2 aromatic heterocycles. The smallest absolute Gasteiger partial charge is 0.267 e.